The number of benzene rings is 3. The van der Waals surface area contributed by atoms with Gasteiger partial charge in [-0.25, -0.2) is 4.79 Å². The number of aromatic hydroxyl groups is 4. The average molecular weight is 512 g/mol. The van der Waals surface area contributed by atoms with Crippen LogP contribution in [0.25, 0.3) is 0 Å². The molecule has 3 aromatic carbocycles. The van der Waals surface area contributed by atoms with Crippen LogP contribution in [0.3, 0.4) is 0 Å². The van der Waals surface area contributed by atoms with Gasteiger partial charge in [-0.15, -0.1) is 0 Å². The fourth-order valence-electron chi connectivity index (χ4n) is 4.00. The Bertz CT molecular complexity index is 1340. The number of methoxy groups -OCH3 is 2. The summed E-state index contributed by atoms with van der Waals surface area (Å²) in [6, 6.07) is 9.07. The lowest BCUT2D eigenvalue weighted by atomic mass is 9.93. The van der Waals surface area contributed by atoms with Crippen molar-refractivity contribution in [1.29, 1.82) is 0 Å². The minimum atomic E-state index is -1.01. The largest absolute Gasteiger partial charge is 0.508 e. The molecule has 1 aliphatic rings. The molecule has 0 aliphatic carbocycles. The van der Waals surface area contributed by atoms with Crippen LogP contribution in [-0.4, -0.2) is 52.7 Å². The molecule has 0 radical (unpaired) electrons. The molecule has 0 aromatic heterocycles. The first-order chi connectivity index (χ1) is 17.6. The number of carbonyl (C=O) groups is 2. The van der Waals surface area contributed by atoms with Gasteiger partial charge in [-0.3, -0.25) is 4.79 Å². The van der Waals surface area contributed by atoms with E-state index in [-0.39, 0.29) is 52.2 Å². The highest BCUT2D eigenvalue weighted by Gasteiger charge is 2.37. The van der Waals surface area contributed by atoms with Crippen LogP contribution in [0.2, 0.25) is 0 Å². The van der Waals surface area contributed by atoms with Gasteiger partial charge in [0.2, 0.25) is 5.75 Å². The molecule has 0 unspecified atom stereocenters. The molecule has 0 spiro atoms. The summed E-state index contributed by atoms with van der Waals surface area (Å²) in [5.74, 6) is -2.40. The molecule has 11 nitrogen and oxygen atoms in total. The molecule has 0 amide bonds. The molecule has 37 heavy (non-hydrogen) atoms. The summed E-state index contributed by atoms with van der Waals surface area (Å²) < 4.78 is 27.4. The molecule has 1 aliphatic heterocycles. The van der Waals surface area contributed by atoms with Gasteiger partial charge in [0, 0.05) is 36.6 Å². The molecule has 4 rings (SSSR count). The quantitative estimate of drug-likeness (QED) is 0.218. The smallest absolute Gasteiger partial charge is 0.338 e. The average Bonchev–Trinajstić information content (AvgIpc) is 2.85. The lowest BCUT2D eigenvalue weighted by molar-refractivity contribution is -0.132. The van der Waals surface area contributed by atoms with E-state index in [0.717, 1.165) is 6.07 Å². The Morgan fingerprint density at radius 2 is 1.57 bits per heavy atom. The van der Waals surface area contributed by atoms with Gasteiger partial charge < -0.3 is 44.1 Å². The maximum atomic E-state index is 13.2. The Morgan fingerprint density at radius 3 is 2.16 bits per heavy atom. The summed E-state index contributed by atoms with van der Waals surface area (Å²) in [5, 5.41) is 40.0. The van der Waals surface area contributed by atoms with E-state index < -0.39 is 29.9 Å². The number of fused-ring (bicyclic) bond motifs is 1. The van der Waals surface area contributed by atoms with Crippen molar-refractivity contribution in [2.75, 3.05) is 14.2 Å². The van der Waals surface area contributed by atoms with Crippen molar-refractivity contribution in [3.63, 3.8) is 0 Å². The van der Waals surface area contributed by atoms with Crippen LogP contribution in [0.15, 0.2) is 42.5 Å². The van der Waals surface area contributed by atoms with Crippen molar-refractivity contribution in [3.05, 3.63) is 59.2 Å². The predicted octanol–water partition coefficient (Wildman–Crippen LogP) is 3.35. The second-order valence-corrected chi connectivity index (χ2v) is 8.18. The van der Waals surface area contributed by atoms with Gasteiger partial charge in [-0.05, 0) is 24.3 Å². The minimum Gasteiger partial charge on any atom is -0.508 e. The first kappa shape index (κ1) is 25.3. The van der Waals surface area contributed by atoms with Gasteiger partial charge in [0.1, 0.15) is 23.4 Å². The number of phenols is 4. The number of hydrogen-bond acceptors (Lipinski definition) is 11. The van der Waals surface area contributed by atoms with Crippen molar-refractivity contribution >= 4 is 11.9 Å². The first-order valence-corrected chi connectivity index (χ1v) is 11.0. The van der Waals surface area contributed by atoms with E-state index >= 15 is 0 Å². The number of hydrogen-bond donors (Lipinski definition) is 4. The van der Waals surface area contributed by atoms with Gasteiger partial charge >= 0.3 is 11.9 Å². The van der Waals surface area contributed by atoms with Crippen LogP contribution in [0.1, 0.15) is 34.5 Å². The van der Waals surface area contributed by atoms with Gasteiger partial charge in [-0.2, -0.15) is 0 Å². The van der Waals surface area contributed by atoms with E-state index in [1.165, 1.54) is 57.5 Å². The Hall–Kier alpha value is -4.80. The van der Waals surface area contributed by atoms with E-state index in [2.05, 4.69) is 0 Å². The second-order valence-electron chi connectivity index (χ2n) is 8.18. The molecule has 194 valence electrons. The Labute approximate surface area is 211 Å². The SMILES string of the molecule is COc1cc(C(=O)O[C@H]2Cc3c(O)cc(O)cc3O[C@@H]2c2ccc(O)c(O)c2)cc(OC)c1OC(C)=O. The van der Waals surface area contributed by atoms with Crippen LogP contribution < -0.4 is 18.9 Å². The molecule has 0 saturated carbocycles. The summed E-state index contributed by atoms with van der Waals surface area (Å²) in [6.45, 7) is 1.21. The predicted molar refractivity (Wildman–Crippen MR) is 127 cm³/mol. The standard InChI is InChI=1S/C26H24O11/c1-12(27)35-25-21(33-2)7-14(8-22(25)34-3)26(32)37-23-11-16-18(30)9-15(28)10-20(16)36-24(23)13-4-5-17(29)19(31)6-13/h4-10,23-24,28-31H,11H2,1-3H3/t23-,24+/m0/s1. The van der Waals surface area contributed by atoms with Crippen LogP contribution in [-0.2, 0) is 16.0 Å². The topological polar surface area (TPSA) is 161 Å². The summed E-state index contributed by atoms with van der Waals surface area (Å²) in [4.78, 5) is 24.7. The van der Waals surface area contributed by atoms with Crippen LogP contribution in [0.5, 0.6) is 46.0 Å². The lowest BCUT2D eigenvalue weighted by Gasteiger charge is -2.34. The van der Waals surface area contributed by atoms with Gasteiger partial charge in [0.05, 0.1) is 19.8 Å². The van der Waals surface area contributed by atoms with Crippen molar-refractivity contribution in [1.82, 2.24) is 0 Å². The zero-order valence-corrected chi connectivity index (χ0v) is 20.0. The van der Waals surface area contributed by atoms with E-state index in [1.54, 1.807) is 0 Å². The summed E-state index contributed by atoms with van der Waals surface area (Å²) in [7, 11) is 2.66. The molecule has 3 aromatic rings. The number of rotatable bonds is 6. The summed E-state index contributed by atoms with van der Waals surface area (Å²) >= 11 is 0. The van der Waals surface area contributed by atoms with Gasteiger partial charge in [-0.1, -0.05) is 6.07 Å². The fourth-order valence-corrected chi connectivity index (χ4v) is 4.00. The van der Waals surface area contributed by atoms with Gasteiger partial charge in [0.15, 0.2) is 29.1 Å². The molecule has 11 heteroatoms. The minimum absolute atomic E-state index is 0.000702. The molecular weight excluding hydrogens is 488 g/mol. The molecule has 4 N–H and O–H groups in total. The highest BCUT2D eigenvalue weighted by Crippen LogP contribution is 2.44. The van der Waals surface area contributed by atoms with Crippen molar-refractivity contribution < 1.29 is 53.7 Å². The lowest BCUT2D eigenvalue weighted by Crippen LogP contribution is -2.34. The molecule has 0 saturated heterocycles. The zero-order valence-electron chi connectivity index (χ0n) is 20.0. The number of esters is 2. The molecular formula is C26H24O11. The fraction of sp³-hybridized carbons (Fsp3) is 0.231. The number of carbonyl (C=O) groups excluding carboxylic acids is 2. The van der Waals surface area contributed by atoms with E-state index in [9.17, 15) is 30.0 Å². The Morgan fingerprint density at radius 1 is 0.892 bits per heavy atom. The third-order valence-corrected chi connectivity index (χ3v) is 5.70. The van der Waals surface area contributed by atoms with Crippen molar-refractivity contribution in [3.8, 4) is 46.0 Å². The molecule has 0 fully saturated rings. The summed E-state index contributed by atoms with van der Waals surface area (Å²) in [6.07, 6.45) is -1.99. The molecule has 0 bridgehead atoms. The number of phenolic OH excluding ortho intramolecular Hbond substituents is 4. The zero-order chi connectivity index (χ0) is 26.9. The normalized spacial score (nSPS) is 16.2. The second kappa shape index (κ2) is 10.1. The van der Waals surface area contributed by atoms with E-state index in [1.807, 2.05) is 0 Å². The van der Waals surface area contributed by atoms with Crippen molar-refractivity contribution in [2.45, 2.75) is 25.6 Å². The maximum Gasteiger partial charge on any atom is 0.338 e. The Balaban J connectivity index is 1.72. The molecule has 2 atom stereocenters. The first-order valence-electron chi connectivity index (χ1n) is 11.0. The van der Waals surface area contributed by atoms with Crippen molar-refractivity contribution in [2.24, 2.45) is 0 Å². The third-order valence-electron chi connectivity index (χ3n) is 5.70. The molecule has 1 heterocycles. The van der Waals surface area contributed by atoms with Crippen LogP contribution in [0, 0.1) is 0 Å². The highest BCUT2D eigenvalue weighted by molar-refractivity contribution is 5.91. The van der Waals surface area contributed by atoms with E-state index in [0.29, 0.717) is 11.1 Å². The van der Waals surface area contributed by atoms with Crippen LogP contribution >= 0.6 is 0 Å². The van der Waals surface area contributed by atoms with Crippen LogP contribution in [0.4, 0.5) is 0 Å². The third kappa shape index (κ3) is 5.10. The number of ether oxygens (including phenoxy) is 5. The Kier molecular flexibility index (Phi) is 6.87. The maximum absolute atomic E-state index is 13.2. The van der Waals surface area contributed by atoms with Gasteiger partial charge in [0.25, 0.3) is 0 Å². The highest BCUT2D eigenvalue weighted by atomic mass is 16.6. The van der Waals surface area contributed by atoms with E-state index in [4.69, 9.17) is 23.7 Å². The summed E-state index contributed by atoms with van der Waals surface area (Å²) in [5.41, 5.74) is 0.676. The monoisotopic (exact) mass is 512 g/mol.